The van der Waals surface area contributed by atoms with Crippen LogP contribution in [-0.4, -0.2) is 37.8 Å². The Kier molecular flexibility index (Phi) is 8.34. The smallest absolute Gasteiger partial charge is 0.0470 e. The Hall–Kier alpha value is 0.270. The fraction of sp³-hybridized carbons (Fsp3) is 1.00. The van der Waals surface area contributed by atoms with Gasteiger partial charge in [-0.25, -0.2) is 0 Å². The molecule has 3 heteroatoms. The first-order chi connectivity index (χ1) is 7.83. The first kappa shape index (κ1) is 14.3. The standard InChI is InChI=1S/C13H27NOS/c1-12-5-3-6-13(11-12)14-7-10-16-9-4-8-15-2/h12-14H,3-11H2,1-2H3. The summed E-state index contributed by atoms with van der Waals surface area (Å²) in [4.78, 5) is 0. The van der Waals surface area contributed by atoms with E-state index in [2.05, 4.69) is 12.2 Å². The molecule has 0 heterocycles. The summed E-state index contributed by atoms with van der Waals surface area (Å²) in [5.74, 6) is 3.41. The Bertz CT molecular complexity index is 166. The monoisotopic (exact) mass is 245 g/mol. The number of thioether (sulfide) groups is 1. The molecule has 0 aromatic carbocycles. The highest BCUT2D eigenvalue weighted by atomic mass is 32.2. The summed E-state index contributed by atoms with van der Waals surface area (Å²) in [5.41, 5.74) is 0. The van der Waals surface area contributed by atoms with Crippen molar-refractivity contribution < 1.29 is 4.74 Å². The van der Waals surface area contributed by atoms with E-state index < -0.39 is 0 Å². The van der Waals surface area contributed by atoms with Crippen LogP contribution >= 0.6 is 11.8 Å². The Balaban J connectivity index is 1.86. The fourth-order valence-electron chi connectivity index (χ4n) is 2.36. The molecule has 96 valence electrons. The molecule has 1 aliphatic carbocycles. The van der Waals surface area contributed by atoms with Crippen LogP contribution in [0.4, 0.5) is 0 Å². The van der Waals surface area contributed by atoms with Crippen molar-refractivity contribution in [2.75, 3.05) is 31.8 Å². The zero-order valence-corrected chi connectivity index (χ0v) is 11.7. The molecule has 1 rings (SSSR count). The molecule has 0 saturated heterocycles. The van der Waals surface area contributed by atoms with Gasteiger partial charge in [-0.2, -0.15) is 11.8 Å². The molecule has 1 aliphatic rings. The molecule has 2 atom stereocenters. The molecular weight excluding hydrogens is 218 g/mol. The highest BCUT2D eigenvalue weighted by Crippen LogP contribution is 2.23. The molecule has 0 aliphatic heterocycles. The van der Waals surface area contributed by atoms with Crippen molar-refractivity contribution in [2.45, 2.75) is 45.1 Å². The average molecular weight is 245 g/mol. The quantitative estimate of drug-likeness (QED) is 0.664. The lowest BCUT2D eigenvalue weighted by molar-refractivity contribution is 0.200. The largest absolute Gasteiger partial charge is 0.385 e. The number of rotatable bonds is 8. The van der Waals surface area contributed by atoms with E-state index in [-0.39, 0.29) is 0 Å². The summed E-state index contributed by atoms with van der Waals surface area (Å²) >= 11 is 2.04. The molecule has 1 fully saturated rings. The van der Waals surface area contributed by atoms with Gasteiger partial charge < -0.3 is 10.1 Å². The van der Waals surface area contributed by atoms with Gasteiger partial charge in [-0.3, -0.25) is 0 Å². The first-order valence-corrected chi connectivity index (χ1v) is 7.78. The summed E-state index contributed by atoms with van der Waals surface area (Å²) in [6.45, 7) is 4.46. The minimum atomic E-state index is 0.795. The van der Waals surface area contributed by atoms with E-state index in [4.69, 9.17) is 4.74 Å². The van der Waals surface area contributed by atoms with Crippen LogP contribution in [0.1, 0.15) is 39.0 Å². The van der Waals surface area contributed by atoms with Crippen LogP contribution in [0.3, 0.4) is 0 Å². The molecular formula is C13H27NOS. The van der Waals surface area contributed by atoms with Crippen LogP contribution in [0.15, 0.2) is 0 Å². The first-order valence-electron chi connectivity index (χ1n) is 6.63. The van der Waals surface area contributed by atoms with E-state index >= 15 is 0 Å². The third-order valence-electron chi connectivity index (χ3n) is 3.25. The van der Waals surface area contributed by atoms with Crippen LogP contribution in [0.5, 0.6) is 0 Å². The van der Waals surface area contributed by atoms with E-state index in [0.29, 0.717) is 0 Å². The van der Waals surface area contributed by atoms with Crippen molar-refractivity contribution >= 4 is 11.8 Å². The predicted octanol–water partition coefficient (Wildman–Crippen LogP) is 2.92. The van der Waals surface area contributed by atoms with Gasteiger partial charge in [-0.05, 0) is 30.9 Å². The Morgan fingerprint density at radius 1 is 1.31 bits per heavy atom. The topological polar surface area (TPSA) is 21.3 Å². The van der Waals surface area contributed by atoms with E-state index in [0.717, 1.165) is 18.6 Å². The maximum absolute atomic E-state index is 5.03. The molecule has 2 nitrogen and oxygen atoms in total. The summed E-state index contributed by atoms with van der Waals surface area (Å²) in [6, 6.07) is 0.795. The number of methoxy groups -OCH3 is 1. The molecule has 16 heavy (non-hydrogen) atoms. The van der Waals surface area contributed by atoms with Crippen molar-refractivity contribution in [1.82, 2.24) is 5.32 Å². The van der Waals surface area contributed by atoms with Crippen molar-refractivity contribution in [3.63, 3.8) is 0 Å². The summed E-state index contributed by atoms with van der Waals surface area (Å²) in [6.07, 6.45) is 6.80. The van der Waals surface area contributed by atoms with Gasteiger partial charge in [0.2, 0.25) is 0 Å². The van der Waals surface area contributed by atoms with Gasteiger partial charge in [0.25, 0.3) is 0 Å². The molecule has 0 aromatic heterocycles. The zero-order chi connectivity index (χ0) is 11.6. The van der Waals surface area contributed by atoms with E-state index in [1.165, 1.54) is 50.2 Å². The fourth-order valence-corrected chi connectivity index (χ4v) is 3.15. The second-order valence-corrected chi connectivity index (χ2v) is 6.11. The Morgan fingerprint density at radius 3 is 2.94 bits per heavy atom. The molecule has 1 saturated carbocycles. The van der Waals surface area contributed by atoms with Gasteiger partial charge in [0.1, 0.15) is 0 Å². The van der Waals surface area contributed by atoms with Gasteiger partial charge in [0.15, 0.2) is 0 Å². The SMILES string of the molecule is COCCCSCCNC1CCCC(C)C1. The van der Waals surface area contributed by atoms with Crippen LogP contribution in [0.25, 0.3) is 0 Å². The number of hydrogen-bond acceptors (Lipinski definition) is 3. The summed E-state index contributed by atoms with van der Waals surface area (Å²) in [5, 5.41) is 3.69. The second-order valence-electron chi connectivity index (χ2n) is 4.88. The average Bonchev–Trinajstić information content (AvgIpc) is 2.28. The predicted molar refractivity (Wildman–Crippen MR) is 73.2 cm³/mol. The lowest BCUT2D eigenvalue weighted by Gasteiger charge is -2.27. The molecule has 1 N–H and O–H groups in total. The summed E-state index contributed by atoms with van der Waals surface area (Å²) in [7, 11) is 1.77. The minimum absolute atomic E-state index is 0.795. The van der Waals surface area contributed by atoms with E-state index in [1.807, 2.05) is 11.8 Å². The van der Waals surface area contributed by atoms with Gasteiger partial charge in [-0.1, -0.05) is 19.8 Å². The molecule has 2 unspecified atom stereocenters. The molecule has 0 amide bonds. The molecule has 0 bridgehead atoms. The highest BCUT2D eigenvalue weighted by molar-refractivity contribution is 7.99. The number of nitrogens with one attached hydrogen (secondary N) is 1. The normalized spacial score (nSPS) is 25.9. The minimum Gasteiger partial charge on any atom is -0.385 e. The Labute approximate surface area is 105 Å². The summed E-state index contributed by atoms with van der Waals surface area (Å²) < 4.78 is 5.03. The van der Waals surface area contributed by atoms with E-state index in [9.17, 15) is 0 Å². The maximum Gasteiger partial charge on any atom is 0.0470 e. The van der Waals surface area contributed by atoms with Crippen LogP contribution < -0.4 is 5.32 Å². The zero-order valence-electron chi connectivity index (χ0n) is 10.8. The third-order valence-corrected chi connectivity index (χ3v) is 4.32. The molecule has 0 radical (unpaired) electrons. The van der Waals surface area contributed by atoms with Crippen molar-refractivity contribution in [1.29, 1.82) is 0 Å². The van der Waals surface area contributed by atoms with Gasteiger partial charge in [0, 0.05) is 32.1 Å². The van der Waals surface area contributed by atoms with Gasteiger partial charge >= 0.3 is 0 Å². The van der Waals surface area contributed by atoms with Crippen molar-refractivity contribution in [2.24, 2.45) is 5.92 Å². The van der Waals surface area contributed by atoms with Crippen LogP contribution in [0.2, 0.25) is 0 Å². The lowest BCUT2D eigenvalue weighted by atomic mass is 9.87. The maximum atomic E-state index is 5.03. The third kappa shape index (κ3) is 6.77. The highest BCUT2D eigenvalue weighted by Gasteiger charge is 2.17. The van der Waals surface area contributed by atoms with Crippen molar-refractivity contribution in [3.05, 3.63) is 0 Å². The van der Waals surface area contributed by atoms with E-state index in [1.54, 1.807) is 7.11 Å². The molecule has 0 aromatic rings. The molecule has 0 spiro atoms. The van der Waals surface area contributed by atoms with Gasteiger partial charge in [-0.15, -0.1) is 0 Å². The Morgan fingerprint density at radius 2 is 2.19 bits per heavy atom. The second kappa shape index (κ2) is 9.32. The van der Waals surface area contributed by atoms with Gasteiger partial charge in [0.05, 0.1) is 0 Å². The number of ether oxygens (including phenoxy) is 1. The lowest BCUT2D eigenvalue weighted by Crippen LogP contribution is -2.34. The van der Waals surface area contributed by atoms with Crippen molar-refractivity contribution in [3.8, 4) is 0 Å². The van der Waals surface area contributed by atoms with Crippen LogP contribution in [0, 0.1) is 5.92 Å². The van der Waals surface area contributed by atoms with Crippen LogP contribution in [-0.2, 0) is 4.74 Å². The number of hydrogen-bond donors (Lipinski definition) is 1.